The van der Waals surface area contributed by atoms with E-state index in [0.29, 0.717) is 11.3 Å². The summed E-state index contributed by atoms with van der Waals surface area (Å²) in [5.41, 5.74) is 2.14. The third-order valence-corrected chi connectivity index (χ3v) is 3.69. The van der Waals surface area contributed by atoms with E-state index in [1.165, 1.54) is 17.0 Å². The van der Waals surface area contributed by atoms with Crippen molar-refractivity contribution in [1.29, 1.82) is 0 Å². The molecule has 6 heteroatoms. The van der Waals surface area contributed by atoms with Crippen LogP contribution in [-0.4, -0.2) is 11.1 Å². The first-order valence-electron chi connectivity index (χ1n) is 6.76. The maximum atomic E-state index is 12.1. The van der Waals surface area contributed by atoms with Crippen molar-refractivity contribution in [3.63, 3.8) is 0 Å². The summed E-state index contributed by atoms with van der Waals surface area (Å²) >= 11 is 3.37. The van der Waals surface area contributed by atoms with Crippen molar-refractivity contribution in [2.45, 2.75) is 0 Å². The number of allylic oxidation sites excluding steroid dienone is 1. The van der Waals surface area contributed by atoms with E-state index in [9.17, 15) is 9.90 Å². The highest BCUT2D eigenvalue weighted by atomic mass is 79.9. The Morgan fingerprint density at radius 2 is 1.83 bits per heavy atom. The molecule has 0 saturated carbocycles. The first kappa shape index (κ1) is 15.2. The van der Waals surface area contributed by atoms with E-state index in [1.807, 2.05) is 24.3 Å². The summed E-state index contributed by atoms with van der Waals surface area (Å²) in [5, 5.41) is 14.5. The van der Waals surface area contributed by atoms with Crippen molar-refractivity contribution in [2.24, 2.45) is 0 Å². The van der Waals surface area contributed by atoms with Crippen molar-refractivity contribution in [3.8, 4) is 11.6 Å². The van der Waals surface area contributed by atoms with Crippen molar-refractivity contribution >= 4 is 27.8 Å². The van der Waals surface area contributed by atoms with E-state index in [-0.39, 0.29) is 5.78 Å². The second kappa shape index (κ2) is 6.58. The number of benzene rings is 2. The van der Waals surface area contributed by atoms with Crippen LogP contribution in [0.25, 0.3) is 11.8 Å². The van der Waals surface area contributed by atoms with Gasteiger partial charge in [-0.1, -0.05) is 34.1 Å². The lowest BCUT2D eigenvalue weighted by Crippen LogP contribution is -2.31. The van der Waals surface area contributed by atoms with Gasteiger partial charge < -0.3 is 9.63 Å². The zero-order valence-corrected chi connectivity index (χ0v) is 13.4. The number of rotatable bonds is 4. The van der Waals surface area contributed by atoms with E-state index >= 15 is 0 Å². The Labute approximate surface area is 140 Å². The van der Waals surface area contributed by atoms with Crippen LogP contribution in [-0.2, 0) is 0 Å². The van der Waals surface area contributed by atoms with Gasteiger partial charge in [-0.15, -0.1) is 0 Å². The molecule has 3 rings (SSSR count). The molecule has 0 amide bonds. The van der Waals surface area contributed by atoms with Gasteiger partial charge in [0.1, 0.15) is 5.95 Å². The van der Waals surface area contributed by atoms with Gasteiger partial charge in [0, 0.05) is 22.2 Å². The Balaban J connectivity index is 1.73. The zero-order valence-electron chi connectivity index (χ0n) is 11.8. The van der Waals surface area contributed by atoms with Crippen LogP contribution in [0.4, 0.5) is 0 Å². The Morgan fingerprint density at radius 3 is 2.43 bits per heavy atom. The second-order valence-corrected chi connectivity index (χ2v) is 5.68. The van der Waals surface area contributed by atoms with Crippen LogP contribution < -0.4 is 9.79 Å². The molecule has 2 aromatic carbocycles. The first-order valence-corrected chi connectivity index (χ1v) is 7.55. The molecular formula is C17H11BrN2O3. The molecule has 0 aliphatic rings. The van der Waals surface area contributed by atoms with Crippen molar-refractivity contribution in [3.05, 3.63) is 76.4 Å². The molecule has 0 atom stereocenters. The van der Waals surface area contributed by atoms with Crippen LogP contribution in [0.15, 0.2) is 69.8 Å². The number of hydrogen-bond acceptors (Lipinski definition) is 4. The molecule has 1 heterocycles. The summed E-state index contributed by atoms with van der Waals surface area (Å²) in [6, 6.07) is 14.4. The van der Waals surface area contributed by atoms with Crippen molar-refractivity contribution in [2.75, 3.05) is 0 Å². The molecule has 23 heavy (non-hydrogen) atoms. The third kappa shape index (κ3) is 3.73. The van der Waals surface area contributed by atoms with Gasteiger partial charge >= 0.3 is 0 Å². The molecule has 3 aromatic rings. The number of aromatic nitrogens is 2. The van der Waals surface area contributed by atoms with Gasteiger partial charge in [-0.25, -0.2) is 0 Å². The summed E-state index contributed by atoms with van der Waals surface area (Å²) in [5.74, 6) is -0.628. The van der Waals surface area contributed by atoms with E-state index in [4.69, 9.17) is 0 Å². The van der Waals surface area contributed by atoms with Crippen LogP contribution in [0.2, 0.25) is 0 Å². The summed E-state index contributed by atoms with van der Waals surface area (Å²) in [4.78, 5) is 12.1. The van der Waals surface area contributed by atoms with Gasteiger partial charge in [-0.2, -0.15) is 0 Å². The van der Waals surface area contributed by atoms with E-state index in [2.05, 4.69) is 25.7 Å². The molecule has 114 valence electrons. The standard InChI is InChI=1S/C17H11BrN2O3/c18-14-6-1-12(2-7-14)3-10-16(21)13-4-8-15(9-5-13)20-11-17(22)23-19-20/h1-11H/b10-3+. The Bertz CT molecular complexity index is 852. The largest absolute Gasteiger partial charge is 0.539 e. The summed E-state index contributed by atoms with van der Waals surface area (Å²) in [6.45, 7) is 0. The molecule has 1 aromatic heterocycles. The lowest BCUT2D eigenvalue weighted by atomic mass is 10.1. The summed E-state index contributed by atoms with van der Waals surface area (Å²) in [6.07, 6.45) is 4.51. The average Bonchev–Trinajstić information content (AvgIpc) is 3.01. The molecular weight excluding hydrogens is 360 g/mol. The topological polar surface area (TPSA) is 70.0 Å². The molecule has 0 fully saturated rings. The monoisotopic (exact) mass is 370 g/mol. The molecule has 0 radical (unpaired) electrons. The summed E-state index contributed by atoms with van der Waals surface area (Å²) < 4.78 is 6.77. The molecule has 0 unspecified atom stereocenters. The highest BCUT2D eigenvalue weighted by Gasteiger charge is 2.10. The highest BCUT2D eigenvalue weighted by Crippen LogP contribution is 2.12. The minimum absolute atomic E-state index is 0.103. The van der Waals surface area contributed by atoms with Crippen molar-refractivity contribution in [1.82, 2.24) is 5.27 Å². The maximum Gasteiger partial charge on any atom is 0.239 e. The molecule has 0 aliphatic heterocycles. The Morgan fingerprint density at radius 1 is 1.13 bits per heavy atom. The number of halogens is 1. The van der Waals surface area contributed by atoms with Crippen LogP contribution >= 0.6 is 15.9 Å². The van der Waals surface area contributed by atoms with Gasteiger partial charge in [-0.3, -0.25) is 4.79 Å². The lowest BCUT2D eigenvalue weighted by Gasteiger charge is -1.96. The highest BCUT2D eigenvalue weighted by molar-refractivity contribution is 9.10. The normalized spacial score (nSPS) is 11.0. The fourth-order valence-electron chi connectivity index (χ4n) is 1.97. The number of ketones is 1. The predicted octanol–water partition coefficient (Wildman–Crippen LogP) is 2.68. The number of hydrogen-bond donors (Lipinski definition) is 0. The van der Waals surface area contributed by atoms with E-state index in [0.717, 1.165) is 10.0 Å². The first-order chi connectivity index (χ1) is 11.1. The van der Waals surface area contributed by atoms with Crippen LogP contribution in [0.5, 0.6) is 5.95 Å². The van der Waals surface area contributed by atoms with Gasteiger partial charge in [0.15, 0.2) is 5.78 Å². The third-order valence-electron chi connectivity index (χ3n) is 3.16. The van der Waals surface area contributed by atoms with E-state index in [1.54, 1.807) is 30.3 Å². The zero-order chi connectivity index (χ0) is 16.2. The fraction of sp³-hybridized carbons (Fsp3) is 0. The molecule has 0 N–H and O–H groups in total. The van der Waals surface area contributed by atoms with Crippen LogP contribution in [0.3, 0.4) is 0 Å². The summed E-state index contributed by atoms with van der Waals surface area (Å²) in [7, 11) is 0. The predicted molar refractivity (Wildman–Crippen MR) is 85.0 cm³/mol. The quantitative estimate of drug-likeness (QED) is 0.402. The molecule has 5 nitrogen and oxygen atoms in total. The number of carbonyl (C=O) groups excluding carboxylic acids is 1. The van der Waals surface area contributed by atoms with E-state index < -0.39 is 5.95 Å². The van der Waals surface area contributed by atoms with Crippen LogP contribution in [0, 0.1) is 0 Å². The van der Waals surface area contributed by atoms with Gasteiger partial charge in [0.2, 0.25) is 11.9 Å². The van der Waals surface area contributed by atoms with Gasteiger partial charge in [-0.05, 0) is 40.6 Å². The average molecular weight is 371 g/mol. The molecule has 0 bridgehead atoms. The maximum absolute atomic E-state index is 12.1. The Kier molecular flexibility index (Phi) is 4.34. The molecule has 0 saturated heterocycles. The van der Waals surface area contributed by atoms with Gasteiger partial charge in [0.05, 0.1) is 5.27 Å². The molecule has 0 spiro atoms. The lowest BCUT2D eigenvalue weighted by molar-refractivity contribution is -0.670. The number of nitrogens with zero attached hydrogens (tertiary/aromatic N) is 2. The van der Waals surface area contributed by atoms with Crippen molar-refractivity contribution < 1.29 is 19.1 Å². The Hall–Kier alpha value is -2.73. The smallest absolute Gasteiger partial charge is 0.239 e. The van der Waals surface area contributed by atoms with Gasteiger partial charge in [0.25, 0.3) is 0 Å². The van der Waals surface area contributed by atoms with Crippen LogP contribution in [0.1, 0.15) is 15.9 Å². The fourth-order valence-corrected chi connectivity index (χ4v) is 2.24. The molecule has 0 aliphatic carbocycles. The minimum atomic E-state index is -0.525. The second-order valence-electron chi connectivity index (χ2n) is 4.76. The SMILES string of the molecule is O=C(/C=C/c1ccc(Br)cc1)c1ccc(-[n+]2cc([O-])on2)cc1. The number of carbonyl (C=O) groups is 1. The minimum Gasteiger partial charge on any atom is -0.539 e.